The van der Waals surface area contributed by atoms with Gasteiger partial charge in [-0.3, -0.25) is 0 Å². The summed E-state index contributed by atoms with van der Waals surface area (Å²) in [5.41, 5.74) is 4.09. The van der Waals surface area contributed by atoms with Crippen molar-refractivity contribution in [1.82, 2.24) is 4.98 Å². The summed E-state index contributed by atoms with van der Waals surface area (Å²) in [4.78, 5) is 4.81. The molecule has 0 aliphatic rings. The van der Waals surface area contributed by atoms with Crippen molar-refractivity contribution >= 4 is 10.9 Å². The van der Waals surface area contributed by atoms with Gasteiger partial charge in [0.1, 0.15) is 24.7 Å². The fourth-order valence-electron chi connectivity index (χ4n) is 3.89. The molecule has 0 aliphatic carbocycles. The molecule has 0 spiro atoms. The molecule has 0 bridgehead atoms. The van der Waals surface area contributed by atoms with Gasteiger partial charge < -0.3 is 18.9 Å². The first-order valence-electron chi connectivity index (χ1n) is 12.3. The van der Waals surface area contributed by atoms with Gasteiger partial charge in [0.15, 0.2) is 0 Å². The van der Waals surface area contributed by atoms with Gasteiger partial charge in [0, 0.05) is 18.1 Å². The summed E-state index contributed by atoms with van der Waals surface area (Å²) in [6.45, 7) is 8.29. The molecule has 5 heteroatoms. The molecule has 1 aromatic heterocycles. The lowest BCUT2D eigenvalue weighted by molar-refractivity contribution is 0.0244. The lowest BCUT2D eigenvalue weighted by atomic mass is 10.0. The van der Waals surface area contributed by atoms with Gasteiger partial charge in [-0.25, -0.2) is 4.98 Å². The van der Waals surface area contributed by atoms with Gasteiger partial charge >= 0.3 is 0 Å². The fourth-order valence-corrected chi connectivity index (χ4v) is 3.89. The molecule has 5 nitrogen and oxygen atoms in total. The van der Waals surface area contributed by atoms with E-state index >= 15 is 0 Å². The molecule has 35 heavy (non-hydrogen) atoms. The summed E-state index contributed by atoms with van der Waals surface area (Å²) in [5, 5.41) is 0.944. The summed E-state index contributed by atoms with van der Waals surface area (Å²) in [6, 6.07) is 26.4. The van der Waals surface area contributed by atoms with Crippen LogP contribution in [0.3, 0.4) is 0 Å². The smallest absolute Gasteiger partial charge is 0.217 e. The SMILES string of the molecule is CCOc1ccc(-c2ccc3c(OCc4ccccc4)cc(OCC(CC)OCC)nc3c2)cc1. The van der Waals surface area contributed by atoms with Crippen LogP contribution in [0, 0.1) is 0 Å². The normalized spacial score (nSPS) is 11.9. The Hall–Kier alpha value is -3.57. The highest BCUT2D eigenvalue weighted by Gasteiger charge is 2.13. The maximum Gasteiger partial charge on any atom is 0.217 e. The number of ether oxygens (including phenoxy) is 4. The molecule has 0 amide bonds. The first kappa shape index (κ1) is 24.6. The van der Waals surface area contributed by atoms with Crippen LogP contribution in [-0.2, 0) is 11.3 Å². The average Bonchev–Trinajstić information content (AvgIpc) is 2.90. The maximum atomic E-state index is 6.25. The van der Waals surface area contributed by atoms with Crippen molar-refractivity contribution in [3.8, 4) is 28.5 Å². The van der Waals surface area contributed by atoms with Crippen molar-refractivity contribution in [2.45, 2.75) is 39.9 Å². The quantitative estimate of drug-likeness (QED) is 0.221. The standard InChI is InChI=1S/C30H33NO4/c1-4-25(32-5-2)21-35-30-19-29(34-20-22-10-8-7-9-11-22)27-17-14-24(18-28(27)31-30)23-12-15-26(16-13-23)33-6-3/h7-19,25H,4-6,20-21H2,1-3H3. The summed E-state index contributed by atoms with van der Waals surface area (Å²) >= 11 is 0. The Morgan fingerprint density at radius 1 is 0.743 bits per heavy atom. The minimum atomic E-state index is 0.0290. The molecular weight excluding hydrogens is 438 g/mol. The third-order valence-corrected chi connectivity index (χ3v) is 5.76. The molecule has 0 saturated carbocycles. The van der Waals surface area contributed by atoms with Crippen molar-refractivity contribution in [3.63, 3.8) is 0 Å². The highest BCUT2D eigenvalue weighted by molar-refractivity contribution is 5.89. The second-order valence-corrected chi connectivity index (χ2v) is 8.22. The summed E-state index contributed by atoms with van der Waals surface area (Å²) in [6.07, 6.45) is 0.905. The van der Waals surface area contributed by atoms with Gasteiger partial charge in [0.2, 0.25) is 5.88 Å². The first-order chi connectivity index (χ1) is 17.2. The summed E-state index contributed by atoms with van der Waals surface area (Å²) < 4.78 is 23.6. The molecule has 1 unspecified atom stereocenters. The zero-order valence-corrected chi connectivity index (χ0v) is 20.7. The first-order valence-corrected chi connectivity index (χ1v) is 12.3. The van der Waals surface area contributed by atoms with Gasteiger partial charge in [-0.1, -0.05) is 55.5 Å². The van der Waals surface area contributed by atoms with Crippen LogP contribution in [0.25, 0.3) is 22.0 Å². The largest absolute Gasteiger partial charge is 0.494 e. The molecule has 1 atom stereocenters. The molecule has 0 aliphatic heterocycles. The topological polar surface area (TPSA) is 49.8 Å². The Morgan fingerprint density at radius 2 is 1.51 bits per heavy atom. The number of pyridine rings is 1. The van der Waals surface area contributed by atoms with Gasteiger partial charge in [-0.2, -0.15) is 0 Å². The van der Waals surface area contributed by atoms with Crippen molar-refractivity contribution in [2.75, 3.05) is 19.8 Å². The minimum absolute atomic E-state index is 0.0290. The lowest BCUT2D eigenvalue weighted by Gasteiger charge is -2.17. The van der Waals surface area contributed by atoms with Gasteiger partial charge in [-0.15, -0.1) is 0 Å². The van der Waals surface area contributed by atoms with E-state index in [9.17, 15) is 0 Å². The number of hydrogen-bond acceptors (Lipinski definition) is 5. The average molecular weight is 472 g/mol. The number of hydrogen-bond donors (Lipinski definition) is 0. The number of fused-ring (bicyclic) bond motifs is 1. The van der Waals surface area contributed by atoms with E-state index in [1.165, 1.54) is 0 Å². The molecule has 4 aromatic rings. The highest BCUT2D eigenvalue weighted by Crippen LogP contribution is 2.33. The van der Waals surface area contributed by atoms with Crippen molar-refractivity contribution < 1.29 is 18.9 Å². The maximum absolute atomic E-state index is 6.25. The second kappa shape index (κ2) is 12.2. The molecule has 0 fully saturated rings. The van der Waals surface area contributed by atoms with Crippen LogP contribution in [0.1, 0.15) is 32.8 Å². The molecule has 0 radical (unpaired) electrons. The predicted molar refractivity (Wildman–Crippen MR) is 140 cm³/mol. The number of aromatic nitrogens is 1. The molecule has 182 valence electrons. The highest BCUT2D eigenvalue weighted by atomic mass is 16.5. The van der Waals surface area contributed by atoms with E-state index < -0.39 is 0 Å². The van der Waals surface area contributed by atoms with E-state index in [2.05, 4.69) is 49.4 Å². The molecule has 3 aromatic carbocycles. The molecular formula is C30H33NO4. The van der Waals surface area contributed by atoms with E-state index in [1.807, 2.05) is 50.2 Å². The third-order valence-electron chi connectivity index (χ3n) is 5.76. The zero-order valence-electron chi connectivity index (χ0n) is 20.7. The molecule has 1 heterocycles. The van der Waals surface area contributed by atoms with Crippen LogP contribution in [0.4, 0.5) is 0 Å². The van der Waals surface area contributed by atoms with Gasteiger partial charge in [0.05, 0.1) is 18.2 Å². The van der Waals surface area contributed by atoms with E-state index in [1.54, 1.807) is 0 Å². The van der Waals surface area contributed by atoms with Gasteiger partial charge in [-0.05, 0) is 61.2 Å². The Kier molecular flexibility index (Phi) is 8.58. The third kappa shape index (κ3) is 6.52. The van der Waals surface area contributed by atoms with E-state index in [0.717, 1.165) is 45.5 Å². The van der Waals surface area contributed by atoms with Crippen molar-refractivity contribution in [2.24, 2.45) is 0 Å². The summed E-state index contributed by atoms with van der Waals surface area (Å²) in [7, 11) is 0. The van der Waals surface area contributed by atoms with Crippen molar-refractivity contribution in [1.29, 1.82) is 0 Å². The summed E-state index contributed by atoms with van der Waals surface area (Å²) in [5.74, 6) is 2.14. The zero-order chi connectivity index (χ0) is 24.5. The van der Waals surface area contributed by atoms with Crippen molar-refractivity contribution in [3.05, 3.63) is 84.4 Å². The van der Waals surface area contributed by atoms with Crippen LogP contribution in [0.2, 0.25) is 0 Å². The molecule has 4 rings (SSSR count). The van der Waals surface area contributed by atoms with Crippen LogP contribution in [0.5, 0.6) is 17.4 Å². The Balaban J connectivity index is 1.65. The number of benzene rings is 3. The minimum Gasteiger partial charge on any atom is -0.494 e. The monoisotopic (exact) mass is 471 g/mol. The van der Waals surface area contributed by atoms with E-state index in [0.29, 0.717) is 32.3 Å². The predicted octanol–water partition coefficient (Wildman–Crippen LogP) is 7.07. The molecule has 0 N–H and O–H groups in total. The van der Waals surface area contributed by atoms with E-state index in [-0.39, 0.29) is 6.10 Å². The number of nitrogens with zero attached hydrogens (tertiary/aromatic N) is 1. The van der Waals surface area contributed by atoms with Gasteiger partial charge in [0.25, 0.3) is 0 Å². The second-order valence-electron chi connectivity index (χ2n) is 8.22. The molecule has 0 saturated heterocycles. The number of rotatable bonds is 12. The Labute approximate surface area is 207 Å². The van der Waals surface area contributed by atoms with Crippen LogP contribution in [-0.4, -0.2) is 30.9 Å². The van der Waals surface area contributed by atoms with Crippen LogP contribution >= 0.6 is 0 Å². The fraction of sp³-hybridized carbons (Fsp3) is 0.300. The Bertz CT molecular complexity index is 1210. The van der Waals surface area contributed by atoms with Crippen LogP contribution in [0.15, 0.2) is 78.9 Å². The van der Waals surface area contributed by atoms with E-state index in [4.69, 9.17) is 23.9 Å². The Morgan fingerprint density at radius 3 is 2.23 bits per heavy atom. The lowest BCUT2D eigenvalue weighted by Crippen LogP contribution is -2.21. The van der Waals surface area contributed by atoms with Crippen LogP contribution < -0.4 is 14.2 Å².